The van der Waals surface area contributed by atoms with E-state index in [1.54, 1.807) is 4.90 Å². The van der Waals surface area contributed by atoms with E-state index in [-0.39, 0.29) is 17.9 Å². The van der Waals surface area contributed by atoms with Crippen molar-refractivity contribution < 1.29 is 18.0 Å². The third kappa shape index (κ3) is 3.99. The third-order valence-corrected chi connectivity index (χ3v) is 5.85. The highest BCUT2D eigenvalue weighted by Crippen LogP contribution is 2.42. The van der Waals surface area contributed by atoms with Gasteiger partial charge in [0.05, 0.1) is 6.54 Å². The Morgan fingerprint density at radius 2 is 1.61 bits per heavy atom. The van der Waals surface area contributed by atoms with Crippen LogP contribution in [0.2, 0.25) is 0 Å². The Balaban J connectivity index is 1.52. The molecular formula is C16H26F3N3O. The molecule has 2 atom stereocenters. The van der Waals surface area contributed by atoms with Crippen LogP contribution in [0, 0.1) is 17.8 Å². The molecule has 23 heavy (non-hydrogen) atoms. The molecule has 3 rings (SSSR count). The summed E-state index contributed by atoms with van der Waals surface area (Å²) in [6, 6.07) is 0.233. The van der Waals surface area contributed by atoms with Crippen molar-refractivity contribution in [3.63, 3.8) is 0 Å². The minimum Gasteiger partial charge on any atom is -0.340 e. The normalized spacial score (nSPS) is 36.1. The Morgan fingerprint density at radius 3 is 2.13 bits per heavy atom. The smallest absolute Gasteiger partial charge is 0.340 e. The van der Waals surface area contributed by atoms with E-state index < -0.39 is 12.7 Å². The number of carbonyl (C=O) groups excluding carboxylic acids is 1. The summed E-state index contributed by atoms with van der Waals surface area (Å²) in [5.74, 6) is 1.06. The van der Waals surface area contributed by atoms with Gasteiger partial charge in [0.2, 0.25) is 5.91 Å². The number of fused-ring (bicyclic) bond motifs is 2. The average Bonchev–Trinajstić information content (AvgIpc) is 2.45. The van der Waals surface area contributed by atoms with E-state index in [2.05, 4.69) is 0 Å². The lowest BCUT2D eigenvalue weighted by atomic mass is 9.65. The fourth-order valence-corrected chi connectivity index (χ4v) is 4.63. The zero-order valence-corrected chi connectivity index (χ0v) is 13.4. The van der Waals surface area contributed by atoms with Gasteiger partial charge >= 0.3 is 6.18 Å². The van der Waals surface area contributed by atoms with Gasteiger partial charge in [0.15, 0.2) is 0 Å². The summed E-state index contributed by atoms with van der Waals surface area (Å²) >= 11 is 0. The second kappa shape index (κ2) is 6.59. The molecule has 0 radical (unpaired) electrons. The molecule has 2 saturated carbocycles. The van der Waals surface area contributed by atoms with Gasteiger partial charge in [0.25, 0.3) is 0 Å². The summed E-state index contributed by atoms with van der Waals surface area (Å²) in [5, 5.41) is 0. The molecule has 2 unspecified atom stereocenters. The monoisotopic (exact) mass is 333 g/mol. The lowest BCUT2D eigenvalue weighted by Gasteiger charge is -2.45. The van der Waals surface area contributed by atoms with E-state index in [4.69, 9.17) is 5.73 Å². The summed E-state index contributed by atoms with van der Waals surface area (Å²) in [5.41, 5.74) is 6.26. The molecule has 1 amide bonds. The lowest BCUT2D eigenvalue weighted by molar-refractivity contribution is -0.153. The molecule has 4 nitrogen and oxygen atoms in total. The van der Waals surface area contributed by atoms with Crippen LogP contribution in [0.5, 0.6) is 0 Å². The van der Waals surface area contributed by atoms with E-state index in [9.17, 15) is 18.0 Å². The van der Waals surface area contributed by atoms with Gasteiger partial charge in [-0.05, 0) is 37.5 Å². The van der Waals surface area contributed by atoms with E-state index in [1.165, 1.54) is 11.3 Å². The molecule has 7 heteroatoms. The molecule has 3 fully saturated rings. The van der Waals surface area contributed by atoms with E-state index >= 15 is 0 Å². The van der Waals surface area contributed by atoms with Crippen LogP contribution in [-0.4, -0.2) is 60.6 Å². The number of hydrogen-bond acceptors (Lipinski definition) is 3. The minimum atomic E-state index is -4.16. The summed E-state index contributed by atoms with van der Waals surface area (Å²) in [6.07, 6.45) is 0.989. The van der Waals surface area contributed by atoms with E-state index in [1.807, 2.05) is 0 Å². The van der Waals surface area contributed by atoms with Crippen LogP contribution in [0.3, 0.4) is 0 Å². The van der Waals surface area contributed by atoms with Crippen LogP contribution in [0.15, 0.2) is 0 Å². The van der Waals surface area contributed by atoms with Crippen molar-refractivity contribution in [3.05, 3.63) is 0 Å². The second-order valence-corrected chi connectivity index (χ2v) is 7.41. The molecule has 132 valence electrons. The number of alkyl halides is 3. The first-order chi connectivity index (χ1) is 10.8. The first-order valence-corrected chi connectivity index (χ1v) is 8.67. The summed E-state index contributed by atoms with van der Waals surface area (Å²) in [7, 11) is 0. The highest BCUT2D eigenvalue weighted by atomic mass is 19.4. The Morgan fingerprint density at radius 1 is 1.04 bits per heavy atom. The van der Waals surface area contributed by atoms with Crippen molar-refractivity contribution in [2.75, 3.05) is 32.7 Å². The molecule has 2 N–H and O–H groups in total. The van der Waals surface area contributed by atoms with E-state index in [0.29, 0.717) is 38.0 Å². The first kappa shape index (κ1) is 17.0. The molecule has 0 spiro atoms. The maximum Gasteiger partial charge on any atom is 0.401 e. The number of piperazine rings is 1. The SMILES string of the molecule is NC1C2CCCC1CC(C(=O)N1CCN(CC(F)(F)F)CC1)C2. The number of rotatable bonds is 2. The fraction of sp³-hybridized carbons (Fsp3) is 0.938. The quantitative estimate of drug-likeness (QED) is 0.839. The van der Waals surface area contributed by atoms with Crippen LogP contribution < -0.4 is 5.73 Å². The third-order valence-electron chi connectivity index (χ3n) is 5.85. The van der Waals surface area contributed by atoms with Gasteiger partial charge in [0.1, 0.15) is 0 Å². The number of nitrogens with two attached hydrogens (primary N) is 1. The Labute approximate surface area is 135 Å². The number of nitrogens with zero attached hydrogens (tertiary/aromatic N) is 2. The van der Waals surface area contributed by atoms with Crippen LogP contribution in [0.1, 0.15) is 32.1 Å². The molecule has 1 aliphatic heterocycles. The van der Waals surface area contributed by atoms with Crippen molar-refractivity contribution in [2.24, 2.45) is 23.5 Å². The highest BCUT2D eigenvalue weighted by molar-refractivity contribution is 5.79. The molecule has 1 saturated heterocycles. The standard InChI is InChI=1S/C16H26F3N3O/c17-16(18,19)10-21-4-6-22(7-5-21)15(23)13-8-11-2-1-3-12(9-13)14(11)20/h11-14H,1-10,20H2. The van der Waals surface area contributed by atoms with Gasteiger partial charge in [-0.1, -0.05) is 6.42 Å². The second-order valence-electron chi connectivity index (χ2n) is 7.41. The molecule has 3 aliphatic rings. The van der Waals surface area contributed by atoms with Crippen molar-refractivity contribution >= 4 is 5.91 Å². The van der Waals surface area contributed by atoms with Gasteiger partial charge in [-0.15, -0.1) is 0 Å². The van der Waals surface area contributed by atoms with Crippen molar-refractivity contribution in [1.29, 1.82) is 0 Å². The summed E-state index contributed by atoms with van der Waals surface area (Å²) in [4.78, 5) is 15.9. The number of hydrogen-bond donors (Lipinski definition) is 1. The summed E-state index contributed by atoms with van der Waals surface area (Å²) < 4.78 is 37.3. The number of halogens is 3. The average molecular weight is 333 g/mol. The van der Waals surface area contributed by atoms with Crippen LogP contribution >= 0.6 is 0 Å². The molecule has 0 aromatic carbocycles. The van der Waals surface area contributed by atoms with Crippen molar-refractivity contribution in [3.8, 4) is 0 Å². The zero-order valence-electron chi connectivity index (χ0n) is 13.4. The molecule has 1 heterocycles. The summed E-state index contributed by atoms with van der Waals surface area (Å²) in [6.45, 7) is 0.561. The topological polar surface area (TPSA) is 49.6 Å². The predicted molar refractivity (Wildman–Crippen MR) is 80.6 cm³/mol. The van der Waals surface area contributed by atoms with Crippen LogP contribution in [0.4, 0.5) is 13.2 Å². The molecule has 2 bridgehead atoms. The minimum absolute atomic E-state index is 0.0271. The number of carbonyl (C=O) groups is 1. The predicted octanol–water partition coefficient (Wildman–Crippen LogP) is 1.85. The van der Waals surface area contributed by atoms with Gasteiger partial charge in [0, 0.05) is 38.1 Å². The van der Waals surface area contributed by atoms with Gasteiger partial charge in [-0.2, -0.15) is 13.2 Å². The van der Waals surface area contributed by atoms with E-state index in [0.717, 1.165) is 25.7 Å². The maximum absolute atomic E-state index is 12.7. The highest BCUT2D eigenvalue weighted by Gasteiger charge is 2.42. The first-order valence-electron chi connectivity index (χ1n) is 8.67. The van der Waals surface area contributed by atoms with Crippen LogP contribution in [0.25, 0.3) is 0 Å². The van der Waals surface area contributed by atoms with Crippen LogP contribution in [-0.2, 0) is 4.79 Å². The van der Waals surface area contributed by atoms with Gasteiger partial charge < -0.3 is 10.6 Å². The Bertz CT molecular complexity index is 421. The van der Waals surface area contributed by atoms with Crippen molar-refractivity contribution in [2.45, 2.75) is 44.3 Å². The Kier molecular flexibility index (Phi) is 4.88. The Hall–Kier alpha value is -0.820. The fourth-order valence-electron chi connectivity index (χ4n) is 4.63. The van der Waals surface area contributed by atoms with Crippen molar-refractivity contribution in [1.82, 2.24) is 9.80 Å². The zero-order chi connectivity index (χ0) is 16.6. The maximum atomic E-state index is 12.7. The largest absolute Gasteiger partial charge is 0.401 e. The lowest BCUT2D eigenvalue weighted by Crippen LogP contribution is -2.54. The molecule has 0 aromatic rings. The van der Waals surface area contributed by atoms with Gasteiger partial charge in [-0.3, -0.25) is 9.69 Å². The van der Waals surface area contributed by atoms with Gasteiger partial charge in [-0.25, -0.2) is 0 Å². The molecule has 2 aliphatic carbocycles. The number of amides is 1. The molecule has 0 aromatic heterocycles. The molecular weight excluding hydrogens is 307 g/mol.